The van der Waals surface area contributed by atoms with Crippen molar-refractivity contribution in [3.63, 3.8) is 0 Å². The molecule has 0 spiro atoms. The summed E-state index contributed by atoms with van der Waals surface area (Å²) in [6, 6.07) is 11.7. The van der Waals surface area contributed by atoms with Gasteiger partial charge in [0.2, 0.25) is 0 Å². The zero-order valence-electron chi connectivity index (χ0n) is 14.0. The van der Waals surface area contributed by atoms with Crippen LogP contribution in [0.4, 0.5) is 5.69 Å². The number of amides is 1. The number of pyridine rings is 1. The Labute approximate surface area is 145 Å². The van der Waals surface area contributed by atoms with Crippen LogP contribution < -0.4 is 5.32 Å². The number of benzene rings is 1. The fourth-order valence-corrected chi connectivity index (χ4v) is 3.52. The van der Waals surface area contributed by atoms with Gasteiger partial charge in [-0.3, -0.25) is 9.78 Å². The molecular formula is C19H19N3OS. The number of anilines is 1. The Morgan fingerprint density at radius 1 is 1.17 bits per heavy atom. The highest BCUT2D eigenvalue weighted by Gasteiger charge is 2.18. The van der Waals surface area contributed by atoms with E-state index in [9.17, 15) is 4.79 Å². The Balaban J connectivity index is 1.91. The predicted octanol–water partition coefficient (Wildman–Crippen LogP) is 4.64. The summed E-state index contributed by atoms with van der Waals surface area (Å²) in [4.78, 5) is 22.2. The van der Waals surface area contributed by atoms with Gasteiger partial charge in [-0.1, -0.05) is 31.2 Å². The van der Waals surface area contributed by atoms with Gasteiger partial charge in [0, 0.05) is 11.9 Å². The van der Waals surface area contributed by atoms with Crippen LogP contribution in [0.1, 0.15) is 33.4 Å². The molecule has 1 N–H and O–H groups in total. The second kappa shape index (κ2) is 6.93. The molecule has 5 heteroatoms. The van der Waals surface area contributed by atoms with Crippen molar-refractivity contribution < 1.29 is 4.79 Å². The molecule has 0 fully saturated rings. The Morgan fingerprint density at radius 2 is 2.00 bits per heavy atom. The first kappa shape index (κ1) is 16.3. The lowest BCUT2D eigenvalue weighted by molar-refractivity contribution is 0.102. The van der Waals surface area contributed by atoms with Crippen molar-refractivity contribution in [2.75, 3.05) is 5.32 Å². The minimum Gasteiger partial charge on any atom is -0.321 e. The Bertz CT molecular complexity index is 872. The minimum atomic E-state index is -0.115. The molecule has 0 bridgehead atoms. The number of aryl methyl sites for hydroxylation is 3. The molecule has 3 aromatic rings. The summed E-state index contributed by atoms with van der Waals surface area (Å²) in [5.74, 6) is -0.115. The predicted molar refractivity (Wildman–Crippen MR) is 98.6 cm³/mol. The summed E-state index contributed by atoms with van der Waals surface area (Å²) in [5.41, 5.74) is 4.61. The van der Waals surface area contributed by atoms with Crippen molar-refractivity contribution in [3.8, 4) is 10.7 Å². The van der Waals surface area contributed by atoms with Crippen LogP contribution >= 0.6 is 11.3 Å². The number of carbonyl (C=O) groups is 1. The molecule has 1 aromatic carbocycles. The second-order valence-corrected chi connectivity index (χ2v) is 6.56. The van der Waals surface area contributed by atoms with Crippen molar-refractivity contribution in [2.24, 2.45) is 0 Å². The number of para-hydroxylation sites is 1. The summed E-state index contributed by atoms with van der Waals surface area (Å²) < 4.78 is 0. The van der Waals surface area contributed by atoms with Crippen LogP contribution in [0.25, 0.3) is 10.7 Å². The third-order valence-corrected chi connectivity index (χ3v) is 5.04. The molecule has 2 aromatic heterocycles. The van der Waals surface area contributed by atoms with Gasteiger partial charge >= 0.3 is 0 Å². The van der Waals surface area contributed by atoms with Gasteiger partial charge in [-0.15, -0.1) is 11.3 Å². The molecule has 0 atom stereocenters. The molecule has 4 nitrogen and oxygen atoms in total. The normalized spacial score (nSPS) is 10.6. The average molecular weight is 337 g/mol. The maximum atomic E-state index is 12.7. The highest BCUT2D eigenvalue weighted by Crippen LogP contribution is 2.28. The van der Waals surface area contributed by atoms with Crippen molar-refractivity contribution in [1.29, 1.82) is 0 Å². The lowest BCUT2D eigenvalue weighted by Crippen LogP contribution is -2.14. The quantitative estimate of drug-likeness (QED) is 0.755. The van der Waals surface area contributed by atoms with Crippen molar-refractivity contribution in [2.45, 2.75) is 27.2 Å². The largest absolute Gasteiger partial charge is 0.321 e. The molecule has 0 unspecified atom stereocenters. The first-order valence-electron chi connectivity index (χ1n) is 7.88. The third kappa shape index (κ3) is 3.21. The minimum absolute atomic E-state index is 0.115. The third-order valence-electron chi connectivity index (χ3n) is 3.87. The number of thiazole rings is 1. The molecule has 3 rings (SSSR count). The Kier molecular flexibility index (Phi) is 4.71. The SMILES string of the molecule is CCc1cccc(C)c1NC(=O)c1sc(-c2ccccn2)nc1C. The number of hydrogen-bond acceptors (Lipinski definition) is 4. The van der Waals surface area contributed by atoms with E-state index in [0.29, 0.717) is 4.88 Å². The zero-order valence-corrected chi connectivity index (χ0v) is 14.8. The lowest BCUT2D eigenvalue weighted by atomic mass is 10.1. The van der Waals surface area contributed by atoms with Crippen molar-refractivity contribution in [3.05, 3.63) is 64.3 Å². The summed E-state index contributed by atoms with van der Waals surface area (Å²) in [6.45, 7) is 5.95. The van der Waals surface area contributed by atoms with E-state index in [1.807, 2.05) is 50.2 Å². The second-order valence-electron chi connectivity index (χ2n) is 5.57. The molecule has 0 radical (unpaired) electrons. The van der Waals surface area contributed by atoms with Gasteiger partial charge in [-0.2, -0.15) is 0 Å². The number of rotatable bonds is 4. The van der Waals surface area contributed by atoms with Crippen LogP contribution in [-0.4, -0.2) is 15.9 Å². The van der Waals surface area contributed by atoms with Crippen molar-refractivity contribution >= 4 is 22.9 Å². The molecule has 24 heavy (non-hydrogen) atoms. The smallest absolute Gasteiger partial charge is 0.267 e. The van der Waals surface area contributed by atoms with Gasteiger partial charge in [-0.25, -0.2) is 4.98 Å². The lowest BCUT2D eigenvalue weighted by Gasteiger charge is -2.12. The van der Waals surface area contributed by atoms with Crippen LogP contribution in [-0.2, 0) is 6.42 Å². The van der Waals surface area contributed by atoms with Crippen LogP contribution in [0.2, 0.25) is 0 Å². The van der Waals surface area contributed by atoms with Gasteiger partial charge in [0.1, 0.15) is 9.88 Å². The maximum absolute atomic E-state index is 12.7. The Hall–Kier alpha value is -2.53. The zero-order chi connectivity index (χ0) is 17.1. The Morgan fingerprint density at radius 3 is 2.71 bits per heavy atom. The number of aromatic nitrogens is 2. The summed E-state index contributed by atoms with van der Waals surface area (Å²) in [5, 5.41) is 3.83. The van der Waals surface area contributed by atoms with E-state index in [1.165, 1.54) is 11.3 Å². The van der Waals surface area contributed by atoms with E-state index in [1.54, 1.807) is 6.20 Å². The average Bonchev–Trinajstić information content (AvgIpc) is 2.99. The van der Waals surface area contributed by atoms with Crippen LogP contribution in [0.3, 0.4) is 0 Å². The van der Waals surface area contributed by atoms with E-state index in [2.05, 4.69) is 22.2 Å². The molecule has 0 saturated carbocycles. The molecule has 2 heterocycles. The summed E-state index contributed by atoms with van der Waals surface area (Å²) >= 11 is 1.37. The fraction of sp³-hybridized carbons (Fsp3) is 0.211. The monoisotopic (exact) mass is 337 g/mol. The van der Waals surface area contributed by atoms with Gasteiger partial charge in [-0.05, 0) is 43.5 Å². The molecule has 0 aliphatic carbocycles. The first-order valence-corrected chi connectivity index (χ1v) is 8.70. The molecule has 0 aliphatic rings. The number of nitrogens with zero attached hydrogens (tertiary/aromatic N) is 2. The molecule has 122 valence electrons. The molecule has 1 amide bonds. The van der Waals surface area contributed by atoms with Gasteiger partial charge in [0.25, 0.3) is 5.91 Å². The summed E-state index contributed by atoms with van der Waals surface area (Å²) in [7, 11) is 0. The van der Waals surface area contributed by atoms with Crippen LogP contribution in [0.15, 0.2) is 42.6 Å². The summed E-state index contributed by atoms with van der Waals surface area (Å²) in [6.07, 6.45) is 2.60. The molecule has 0 aliphatic heterocycles. The van der Waals surface area contributed by atoms with Gasteiger partial charge in [0.05, 0.1) is 11.4 Å². The standard InChI is InChI=1S/C19H19N3OS/c1-4-14-9-7-8-12(2)16(14)22-18(23)17-13(3)21-19(24-17)15-10-5-6-11-20-15/h5-11H,4H2,1-3H3,(H,22,23). The van der Waals surface area contributed by atoms with Crippen molar-refractivity contribution in [1.82, 2.24) is 9.97 Å². The fourth-order valence-electron chi connectivity index (χ4n) is 2.58. The van der Waals surface area contributed by atoms with Gasteiger partial charge in [0.15, 0.2) is 0 Å². The number of nitrogens with one attached hydrogen (secondary N) is 1. The molecular weight excluding hydrogens is 318 g/mol. The number of hydrogen-bond donors (Lipinski definition) is 1. The van der Waals surface area contributed by atoms with E-state index >= 15 is 0 Å². The first-order chi connectivity index (χ1) is 11.6. The van der Waals surface area contributed by atoms with Crippen LogP contribution in [0.5, 0.6) is 0 Å². The van der Waals surface area contributed by atoms with E-state index < -0.39 is 0 Å². The number of carbonyl (C=O) groups excluding carboxylic acids is 1. The highest BCUT2D eigenvalue weighted by molar-refractivity contribution is 7.17. The highest BCUT2D eigenvalue weighted by atomic mass is 32.1. The van der Waals surface area contributed by atoms with Gasteiger partial charge < -0.3 is 5.32 Å². The van der Waals surface area contributed by atoms with Crippen LogP contribution in [0, 0.1) is 13.8 Å². The van der Waals surface area contributed by atoms with E-state index in [0.717, 1.165) is 39.6 Å². The molecule has 0 saturated heterocycles. The van der Waals surface area contributed by atoms with E-state index in [-0.39, 0.29) is 5.91 Å². The van der Waals surface area contributed by atoms with E-state index in [4.69, 9.17) is 0 Å². The maximum Gasteiger partial charge on any atom is 0.267 e. The topological polar surface area (TPSA) is 54.9 Å².